The van der Waals surface area contributed by atoms with Crippen LogP contribution < -0.4 is 5.32 Å². The molecule has 2 aromatic heterocycles. The van der Waals surface area contributed by atoms with Gasteiger partial charge in [0.05, 0.1) is 12.9 Å². The highest BCUT2D eigenvalue weighted by molar-refractivity contribution is 5.96. The molecular weight excluding hydrogens is 486 g/mol. The number of ether oxygens (including phenoxy) is 1. The summed E-state index contributed by atoms with van der Waals surface area (Å²) in [6.45, 7) is 1.47. The van der Waals surface area contributed by atoms with E-state index in [1.165, 1.54) is 25.7 Å². The Morgan fingerprint density at radius 2 is 1.75 bits per heavy atom. The van der Waals surface area contributed by atoms with E-state index < -0.39 is 60.6 Å². The van der Waals surface area contributed by atoms with Crippen molar-refractivity contribution in [3.05, 3.63) is 12.2 Å². The van der Waals surface area contributed by atoms with Crippen LogP contribution in [0.15, 0.2) is 6.33 Å². The number of nitrogens with zero attached hydrogens (tertiary/aromatic N) is 4. The molecule has 0 spiro atoms. The summed E-state index contributed by atoms with van der Waals surface area (Å²) in [4.78, 5) is 23.3. The Hall–Kier alpha value is -2.38. The number of amides is 1. The average Bonchev–Trinajstić information content (AvgIpc) is 3.38. The summed E-state index contributed by atoms with van der Waals surface area (Å²) in [6, 6.07) is 0. The SMILES string of the molecule is CCCCCCCCCCCC(=O)Nc1nc(C(F)(F)F)nc2c1ncn2[C@@H]1O[C@H](CO)C(O)[C@H]1F. The third-order valence-electron chi connectivity index (χ3n) is 6.19. The number of rotatable bonds is 13. The fourth-order valence-corrected chi connectivity index (χ4v) is 4.19. The number of imidazole rings is 1. The Balaban J connectivity index is 1.68. The molecule has 0 saturated carbocycles. The van der Waals surface area contributed by atoms with Gasteiger partial charge in [0.2, 0.25) is 11.7 Å². The predicted molar refractivity (Wildman–Crippen MR) is 123 cm³/mol. The maximum Gasteiger partial charge on any atom is 0.451 e. The molecule has 1 saturated heterocycles. The maximum atomic E-state index is 14.6. The highest BCUT2D eigenvalue weighted by Gasteiger charge is 2.46. The zero-order valence-electron chi connectivity index (χ0n) is 20.2. The molecule has 3 heterocycles. The van der Waals surface area contributed by atoms with E-state index in [9.17, 15) is 32.6 Å². The summed E-state index contributed by atoms with van der Waals surface area (Å²) >= 11 is 0. The number of alkyl halides is 4. The summed E-state index contributed by atoms with van der Waals surface area (Å²) in [5.74, 6) is -2.50. The number of carbonyl (C=O) groups excluding carboxylic acids is 1. The Morgan fingerprint density at radius 3 is 2.33 bits per heavy atom. The fourth-order valence-electron chi connectivity index (χ4n) is 4.19. The lowest BCUT2D eigenvalue weighted by molar-refractivity contribution is -0.144. The highest BCUT2D eigenvalue weighted by atomic mass is 19.4. The summed E-state index contributed by atoms with van der Waals surface area (Å²) in [5, 5.41) is 21.5. The molecule has 13 heteroatoms. The number of aromatic nitrogens is 4. The van der Waals surface area contributed by atoms with Crippen LogP contribution in [0, 0.1) is 0 Å². The molecule has 1 aliphatic heterocycles. The van der Waals surface area contributed by atoms with Crippen LogP contribution >= 0.6 is 0 Å². The molecule has 1 aliphatic rings. The number of carbonyl (C=O) groups is 1. The highest BCUT2D eigenvalue weighted by Crippen LogP contribution is 2.36. The van der Waals surface area contributed by atoms with Crippen molar-refractivity contribution in [1.82, 2.24) is 19.5 Å². The van der Waals surface area contributed by atoms with E-state index in [-0.39, 0.29) is 11.9 Å². The van der Waals surface area contributed by atoms with Gasteiger partial charge in [-0.2, -0.15) is 13.2 Å². The number of aliphatic hydroxyl groups is 2. The van der Waals surface area contributed by atoms with Gasteiger partial charge in [-0.05, 0) is 6.42 Å². The van der Waals surface area contributed by atoms with Crippen molar-refractivity contribution >= 4 is 22.9 Å². The van der Waals surface area contributed by atoms with E-state index in [0.29, 0.717) is 6.42 Å². The van der Waals surface area contributed by atoms with Crippen LogP contribution in [0.1, 0.15) is 83.2 Å². The van der Waals surface area contributed by atoms with Crippen molar-refractivity contribution in [3.63, 3.8) is 0 Å². The van der Waals surface area contributed by atoms with Gasteiger partial charge in [-0.3, -0.25) is 9.36 Å². The molecule has 202 valence electrons. The zero-order chi connectivity index (χ0) is 26.3. The summed E-state index contributed by atoms with van der Waals surface area (Å²) in [5.41, 5.74) is -0.602. The summed E-state index contributed by atoms with van der Waals surface area (Å²) in [6.07, 6.45) is -0.946. The van der Waals surface area contributed by atoms with Gasteiger partial charge >= 0.3 is 6.18 Å². The minimum absolute atomic E-state index is 0.103. The van der Waals surface area contributed by atoms with Crippen LogP contribution in [0.4, 0.5) is 23.4 Å². The number of hydrogen-bond acceptors (Lipinski definition) is 7. The lowest BCUT2D eigenvalue weighted by atomic mass is 10.1. The van der Waals surface area contributed by atoms with Gasteiger partial charge in [-0.25, -0.2) is 19.3 Å². The maximum absolute atomic E-state index is 14.6. The second-order valence-electron chi connectivity index (χ2n) is 9.03. The third kappa shape index (κ3) is 6.88. The monoisotopic (exact) mass is 519 g/mol. The van der Waals surface area contributed by atoms with Gasteiger partial charge in [0.25, 0.3) is 0 Å². The lowest BCUT2D eigenvalue weighted by Crippen LogP contribution is -2.30. The zero-order valence-corrected chi connectivity index (χ0v) is 20.2. The first kappa shape index (κ1) is 28.2. The summed E-state index contributed by atoms with van der Waals surface area (Å²) in [7, 11) is 0. The Bertz CT molecular complexity index is 1000. The van der Waals surface area contributed by atoms with Crippen molar-refractivity contribution in [1.29, 1.82) is 0 Å². The fraction of sp³-hybridized carbons (Fsp3) is 0.739. The summed E-state index contributed by atoms with van der Waals surface area (Å²) < 4.78 is 61.2. The van der Waals surface area contributed by atoms with Crippen molar-refractivity contribution in [2.45, 2.75) is 102 Å². The van der Waals surface area contributed by atoms with Gasteiger partial charge in [-0.1, -0.05) is 58.3 Å². The van der Waals surface area contributed by atoms with Crippen LogP contribution in [0.25, 0.3) is 11.2 Å². The van der Waals surface area contributed by atoms with E-state index in [2.05, 4.69) is 27.2 Å². The molecule has 2 aromatic rings. The molecule has 9 nitrogen and oxygen atoms in total. The first-order valence-corrected chi connectivity index (χ1v) is 12.4. The topological polar surface area (TPSA) is 122 Å². The first-order valence-electron chi connectivity index (χ1n) is 12.4. The molecule has 3 rings (SSSR count). The van der Waals surface area contributed by atoms with Crippen LogP contribution in [0.3, 0.4) is 0 Å². The van der Waals surface area contributed by atoms with Gasteiger partial charge in [-0.15, -0.1) is 0 Å². The first-order chi connectivity index (χ1) is 17.2. The van der Waals surface area contributed by atoms with E-state index in [0.717, 1.165) is 36.6 Å². The number of aliphatic hydroxyl groups excluding tert-OH is 2. The van der Waals surface area contributed by atoms with Crippen molar-refractivity contribution < 1.29 is 37.3 Å². The number of nitrogens with one attached hydrogen (secondary N) is 1. The van der Waals surface area contributed by atoms with Gasteiger partial charge in [0.1, 0.15) is 12.2 Å². The third-order valence-corrected chi connectivity index (χ3v) is 6.19. The molecule has 36 heavy (non-hydrogen) atoms. The quantitative estimate of drug-likeness (QED) is 0.267. The van der Waals surface area contributed by atoms with E-state index in [4.69, 9.17) is 4.74 Å². The van der Waals surface area contributed by atoms with Crippen LogP contribution in [0.5, 0.6) is 0 Å². The molecule has 1 fully saturated rings. The molecule has 0 aliphatic carbocycles. The molecule has 0 bridgehead atoms. The van der Waals surface area contributed by atoms with E-state index in [1.807, 2.05) is 0 Å². The van der Waals surface area contributed by atoms with Crippen molar-refractivity contribution in [2.75, 3.05) is 11.9 Å². The molecule has 0 aromatic carbocycles. The van der Waals surface area contributed by atoms with Crippen LogP contribution in [-0.2, 0) is 15.7 Å². The lowest BCUT2D eigenvalue weighted by Gasteiger charge is -2.16. The number of unbranched alkanes of at least 4 members (excludes halogenated alkanes) is 8. The standard InChI is InChI=1S/C23H33F4N5O4/c1-2-3-4-5-6-7-8-9-10-11-15(34)29-19-17-20(31-22(30-19)23(25,26)27)32(13-28-17)21-16(24)18(35)14(12-33)36-21/h13-14,16,18,21,33,35H,2-12H2,1H3,(H,29,30,31,34)/t14-,16-,18?,21-/m1/s1. The van der Waals surface area contributed by atoms with E-state index >= 15 is 0 Å². The van der Waals surface area contributed by atoms with Gasteiger partial charge in [0, 0.05) is 6.42 Å². The molecule has 0 radical (unpaired) electrons. The minimum Gasteiger partial charge on any atom is -0.394 e. The Labute approximate surface area is 206 Å². The second kappa shape index (κ2) is 12.7. The molecule has 1 unspecified atom stereocenters. The average molecular weight is 520 g/mol. The predicted octanol–water partition coefficient (Wildman–Crippen LogP) is 4.29. The molecule has 1 amide bonds. The van der Waals surface area contributed by atoms with E-state index in [1.54, 1.807) is 0 Å². The Morgan fingerprint density at radius 1 is 1.11 bits per heavy atom. The van der Waals surface area contributed by atoms with Crippen LogP contribution in [0.2, 0.25) is 0 Å². The van der Waals surface area contributed by atoms with Crippen molar-refractivity contribution in [2.24, 2.45) is 0 Å². The van der Waals surface area contributed by atoms with Crippen LogP contribution in [-0.4, -0.2) is 60.6 Å². The smallest absolute Gasteiger partial charge is 0.394 e. The second-order valence-corrected chi connectivity index (χ2v) is 9.03. The Kier molecular flexibility index (Phi) is 9.97. The normalized spacial score (nSPS) is 22.4. The number of anilines is 1. The molecule has 4 atom stereocenters. The number of fused-ring (bicyclic) bond motifs is 1. The van der Waals surface area contributed by atoms with Gasteiger partial charge in [0.15, 0.2) is 29.4 Å². The minimum atomic E-state index is -4.95. The van der Waals surface area contributed by atoms with Crippen molar-refractivity contribution in [3.8, 4) is 0 Å². The van der Waals surface area contributed by atoms with Gasteiger partial charge < -0.3 is 20.3 Å². The largest absolute Gasteiger partial charge is 0.451 e. The number of halogens is 4. The number of hydrogen-bond donors (Lipinski definition) is 3. The molecule has 3 N–H and O–H groups in total. The molecular formula is C23H33F4N5O4.